The number of Topliss-reactive ketones (excluding diaryl/α,β-unsaturated/α-hetero) is 1. The maximum atomic E-state index is 13.2. The van der Waals surface area contributed by atoms with Gasteiger partial charge < -0.3 is 14.7 Å². The molecular weight excluding hydrogens is 541 g/mol. The molecule has 5 nitrogen and oxygen atoms in total. The number of halogens is 1. The summed E-state index contributed by atoms with van der Waals surface area (Å²) >= 11 is 2.22. The molecule has 1 heterocycles. The summed E-state index contributed by atoms with van der Waals surface area (Å²) in [5, 5.41) is 11.2. The molecule has 0 bridgehead atoms. The monoisotopic (exact) mass is 567 g/mol. The molecule has 0 saturated carbocycles. The van der Waals surface area contributed by atoms with Crippen LogP contribution in [0.3, 0.4) is 0 Å². The van der Waals surface area contributed by atoms with E-state index in [1.807, 2.05) is 61.5 Å². The molecule has 3 aromatic rings. The topological polar surface area (TPSA) is 66.8 Å². The first kappa shape index (κ1) is 24.0. The van der Waals surface area contributed by atoms with Gasteiger partial charge in [0.15, 0.2) is 0 Å². The summed E-state index contributed by atoms with van der Waals surface area (Å²) in [6, 6.07) is 23.8. The molecule has 34 heavy (non-hydrogen) atoms. The molecule has 1 atom stereocenters. The predicted molar refractivity (Wildman–Crippen MR) is 141 cm³/mol. The lowest BCUT2D eigenvalue weighted by Crippen LogP contribution is -2.31. The van der Waals surface area contributed by atoms with Gasteiger partial charge in [-0.25, -0.2) is 0 Å². The van der Waals surface area contributed by atoms with E-state index in [2.05, 4.69) is 22.6 Å². The highest BCUT2D eigenvalue weighted by Crippen LogP contribution is 2.39. The van der Waals surface area contributed by atoms with E-state index in [0.717, 1.165) is 21.1 Å². The van der Waals surface area contributed by atoms with E-state index in [4.69, 9.17) is 4.74 Å². The molecule has 0 aliphatic carbocycles. The van der Waals surface area contributed by atoms with E-state index in [1.165, 1.54) is 0 Å². The SMILES string of the molecule is CCCOc1ccc(C(O)=C2C(=O)C(=O)N(CCc3ccccc3)C2c2ccc(I)cc2)cc1. The highest BCUT2D eigenvalue weighted by atomic mass is 127. The highest BCUT2D eigenvalue weighted by molar-refractivity contribution is 14.1. The molecule has 6 heteroatoms. The molecule has 3 aromatic carbocycles. The van der Waals surface area contributed by atoms with Crippen molar-refractivity contribution in [1.29, 1.82) is 0 Å². The maximum absolute atomic E-state index is 13.2. The van der Waals surface area contributed by atoms with Crippen LogP contribution in [0.1, 0.15) is 36.1 Å². The molecule has 1 unspecified atom stereocenters. The van der Waals surface area contributed by atoms with Gasteiger partial charge in [-0.05, 0) is 83.0 Å². The molecule has 1 aliphatic rings. The van der Waals surface area contributed by atoms with Crippen LogP contribution in [-0.2, 0) is 16.0 Å². The van der Waals surface area contributed by atoms with Crippen molar-refractivity contribution in [3.05, 3.63) is 105 Å². The number of amides is 1. The molecule has 1 fully saturated rings. The Morgan fingerprint density at radius 3 is 2.29 bits per heavy atom. The van der Waals surface area contributed by atoms with Crippen molar-refractivity contribution < 1.29 is 19.4 Å². The Bertz CT molecular complexity index is 1190. The van der Waals surface area contributed by atoms with Crippen LogP contribution < -0.4 is 4.74 Å². The van der Waals surface area contributed by atoms with Crippen LogP contribution >= 0.6 is 22.6 Å². The second-order valence-electron chi connectivity index (χ2n) is 8.15. The molecule has 1 amide bonds. The summed E-state index contributed by atoms with van der Waals surface area (Å²) in [5.41, 5.74) is 2.45. The number of likely N-dealkylation sites (tertiary alicyclic amines) is 1. The Morgan fingerprint density at radius 1 is 0.971 bits per heavy atom. The van der Waals surface area contributed by atoms with E-state index >= 15 is 0 Å². The fourth-order valence-corrected chi connectivity index (χ4v) is 4.44. The molecule has 4 rings (SSSR count). The summed E-state index contributed by atoms with van der Waals surface area (Å²) in [7, 11) is 0. The first-order chi connectivity index (χ1) is 16.5. The zero-order valence-electron chi connectivity index (χ0n) is 18.9. The van der Waals surface area contributed by atoms with Gasteiger partial charge in [0.1, 0.15) is 11.5 Å². The third-order valence-corrected chi connectivity index (χ3v) is 6.53. The summed E-state index contributed by atoms with van der Waals surface area (Å²) in [6.45, 7) is 3.00. The average molecular weight is 567 g/mol. The fourth-order valence-electron chi connectivity index (χ4n) is 4.08. The minimum Gasteiger partial charge on any atom is -0.507 e. The molecule has 174 valence electrons. The smallest absolute Gasteiger partial charge is 0.295 e. The van der Waals surface area contributed by atoms with Crippen molar-refractivity contribution in [2.45, 2.75) is 25.8 Å². The van der Waals surface area contributed by atoms with E-state index in [-0.39, 0.29) is 11.3 Å². The van der Waals surface area contributed by atoms with Crippen LogP contribution in [0.4, 0.5) is 0 Å². The Morgan fingerprint density at radius 2 is 1.65 bits per heavy atom. The number of aliphatic hydroxyl groups is 1. The zero-order chi connectivity index (χ0) is 24.1. The number of benzene rings is 3. The quantitative estimate of drug-likeness (QED) is 0.163. The van der Waals surface area contributed by atoms with Gasteiger partial charge in [-0.1, -0.05) is 49.4 Å². The summed E-state index contributed by atoms with van der Waals surface area (Å²) in [6.07, 6.45) is 1.50. The number of hydrogen-bond acceptors (Lipinski definition) is 4. The molecule has 0 spiro atoms. The van der Waals surface area contributed by atoms with Crippen LogP contribution in [0.25, 0.3) is 5.76 Å². The molecule has 0 radical (unpaired) electrons. The number of carbonyl (C=O) groups is 2. The minimum absolute atomic E-state index is 0.112. The van der Waals surface area contributed by atoms with Crippen molar-refractivity contribution in [2.75, 3.05) is 13.2 Å². The third kappa shape index (κ3) is 5.17. The average Bonchev–Trinajstić information content (AvgIpc) is 3.12. The maximum Gasteiger partial charge on any atom is 0.295 e. The number of rotatable bonds is 8. The molecule has 1 N–H and O–H groups in total. The number of aliphatic hydroxyl groups excluding tert-OH is 1. The second kappa shape index (κ2) is 10.9. The van der Waals surface area contributed by atoms with Crippen molar-refractivity contribution >= 4 is 40.0 Å². The molecular formula is C28H26INO4. The lowest BCUT2D eigenvalue weighted by molar-refractivity contribution is -0.139. The predicted octanol–water partition coefficient (Wildman–Crippen LogP) is 5.74. The van der Waals surface area contributed by atoms with Gasteiger partial charge in [0.2, 0.25) is 0 Å². The second-order valence-corrected chi connectivity index (χ2v) is 9.40. The van der Waals surface area contributed by atoms with E-state index < -0.39 is 17.7 Å². The number of ether oxygens (including phenoxy) is 1. The third-order valence-electron chi connectivity index (χ3n) is 5.81. The van der Waals surface area contributed by atoms with Crippen molar-refractivity contribution in [1.82, 2.24) is 4.90 Å². The lowest BCUT2D eigenvalue weighted by atomic mass is 9.95. The normalized spacial score (nSPS) is 17.2. The van der Waals surface area contributed by atoms with Crippen molar-refractivity contribution in [3.63, 3.8) is 0 Å². The highest BCUT2D eigenvalue weighted by Gasteiger charge is 2.45. The Balaban J connectivity index is 1.72. The van der Waals surface area contributed by atoms with E-state index in [1.54, 1.807) is 29.2 Å². The van der Waals surface area contributed by atoms with Crippen LogP contribution in [-0.4, -0.2) is 34.8 Å². The zero-order valence-corrected chi connectivity index (χ0v) is 21.1. The van der Waals surface area contributed by atoms with E-state index in [9.17, 15) is 14.7 Å². The van der Waals surface area contributed by atoms with Gasteiger partial charge in [-0.2, -0.15) is 0 Å². The van der Waals surface area contributed by atoms with Crippen LogP contribution in [0.5, 0.6) is 5.75 Å². The first-order valence-electron chi connectivity index (χ1n) is 11.3. The van der Waals surface area contributed by atoms with Crippen LogP contribution in [0, 0.1) is 3.57 Å². The molecule has 1 aliphatic heterocycles. The summed E-state index contributed by atoms with van der Waals surface area (Å²) in [4.78, 5) is 27.8. The van der Waals surface area contributed by atoms with E-state index in [0.29, 0.717) is 30.9 Å². The van der Waals surface area contributed by atoms with Crippen LogP contribution in [0.2, 0.25) is 0 Å². The Hall–Kier alpha value is -3.13. The van der Waals surface area contributed by atoms with Crippen LogP contribution in [0.15, 0.2) is 84.4 Å². The van der Waals surface area contributed by atoms with Gasteiger partial charge in [0.05, 0.1) is 18.2 Å². The number of nitrogens with zero attached hydrogens (tertiary/aromatic N) is 1. The lowest BCUT2D eigenvalue weighted by Gasteiger charge is -2.25. The molecule has 0 aromatic heterocycles. The van der Waals surface area contributed by atoms with Gasteiger partial charge in [0.25, 0.3) is 11.7 Å². The Kier molecular flexibility index (Phi) is 7.67. The number of ketones is 1. The van der Waals surface area contributed by atoms with Gasteiger partial charge in [-0.3, -0.25) is 9.59 Å². The minimum atomic E-state index is -0.666. The number of hydrogen-bond donors (Lipinski definition) is 1. The standard InChI is InChI=1S/C28H26INO4/c1-2-18-34-23-14-10-21(11-15-23)26(31)24-25(20-8-12-22(29)13-9-20)30(28(33)27(24)32)17-16-19-6-4-3-5-7-19/h3-15,25,31H,2,16-18H2,1H3. The molecule has 1 saturated heterocycles. The Labute approximate surface area is 213 Å². The number of carbonyl (C=O) groups excluding carboxylic acids is 2. The summed E-state index contributed by atoms with van der Waals surface area (Å²) in [5.74, 6) is -0.744. The summed E-state index contributed by atoms with van der Waals surface area (Å²) < 4.78 is 6.67. The van der Waals surface area contributed by atoms with Gasteiger partial charge in [-0.15, -0.1) is 0 Å². The van der Waals surface area contributed by atoms with Crippen molar-refractivity contribution in [3.8, 4) is 5.75 Å². The van der Waals surface area contributed by atoms with Gasteiger partial charge >= 0.3 is 0 Å². The largest absolute Gasteiger partial charge is 0.507 e. The van der Waals surface area contributed by atoms with Gasteiger partial charge in [0, 0.05) is 15.7 Å². The van der Waals surface area contributed by atoms with Crippen molar-refractivity contribution in [2.24, 2.45) is 0 Å². The fraction of sp³-hybridized carbons (Fsp3) is 0.214. The first-order valence-corrected chi connectivity index (χ1v) is 12.4.